The molecule has 0 aromatic heterocycles. The van der Waals surface area contributed by atoms with Gasteiger partial charge >= 0.3 is 17.8 Å². The van der Waals surface area contributed by atoms with Gasteiger partial charge in [-0.2, -0.15) is 0 Å². The van der Waals surface area contributed by atoms with Gasteiger partial charge in [0, 0.05) is 20.0 Å². The molecule has 0 spiro atoms. The van der Waals surface area contributed by atoms with Gasteiger partial charge in [-0.15, -0.1) is 0 Å². The Labute approximate surface area is 109 Å². The molecule has 1 N–H and O–H groups in total. The molecule has 1 saturated heterocycles. The Bertz CT molecular complexity index is 395. The molecule has 1 aliphatic heterocycles. The molecule has 0 atom stereocenters. The predicted octanol–water partition coefficient (Wildman–Crippen LogP) is -1.30. The molecule has 106 valence electrons. The average Bonchev–Trinajstić information content (AvgIpc) is 2.73. The topological polar surface area (TPSA) is 104 Å². The van der Waals surface area contributed by atoms with E-state index in [0.29, 0.717) is 13.0 Å². The lowest BCUT2D eigenvalue weighted by atomic mass is 10.4. The molecule has 0 radical (unpaired) electrons. The van der Waals surface area contributed by atoms with Crippen molar-refractivity contribution in [1.29, 1.82) is 0 Å². The SMILES string of the molecule is CN(CC(=O)O)C(=O)C(=O)OCCN1CCCC1=O. The molecular formula is C11H16N2O6. The summed E-state index contributed by atoms with van der Waals surface area (Å²) in [6.07, 6.45) is 1.28. The Hall–Kier alpha value is -2.12. The molecule has 0 aromatic carbocycles. The highest BCUT2D eigenvalue weighted by atomic mass is 16.5. The number of esters is 1. The zero-order chi connectivity index (χ0) is 14.4. The predicted molar refractivity (Wildman–Crippen MR) is 62.0 cm³/mol. The molecule has 0 unspecified atom stereocenters. The van der Waals surface area contributed by atoms with Gasteiger partial charge in [0.1, 0.15) is 13.2 Å². The summed E-state index contributed by atoms with van der Waals surface area (Å²) in [6, 6.07) is 0. The van der Waals surface area contributed by atoms with Gasteiger partial charge in [-0.25, -0.2) is 4.79 Å². The summed E-state index contributed by atoms with van der Waals surface area (Å²) in [5, 5.41) is 8.47. The van der Waals surface area contributed by atoms with E-state index in [1.54, 1.807) is 4.90 Å². The molecule has 1 fully saturated rings. The number of aliphatic carboxylic acids is 1. The average molecular weight is 272 g/mol. The summed E-state index contributed by atoms with van der Waals surface area (Å²) in [5.74, 6) is -3.35. The second-order valence-electron chi connectivity index (χ2n) is 4.18. The van der Waals surface area contributed by atoms with Crippen LogP contribution in [0.1, 0.15) is 12.8 Å². The summed E-state index contributed by atoms with van der Waals surface area (Å²) < 4.78 is 4.70. The van der Waals surface area contributed by atoms with Gasteiger partial charge < -0.3 is 19.6 Å². The minimum atomic E-state index is -1.22. The maximum atomic E-state index is 11.4. The fraction of sp³-hybridized carbons (Fsp3) is 0.636. The van der Waals surface area contributed by atoms with Gasteiger partial charge in [0.25, 0.3) is 0 Å². The second-order valence-corrected chi connectivity index (χ2v) is 4.18. The van der Waals surface area contributed by atoms with E-state index in [2.05, 4.69) is 0 Å². The number of carbonyl (C=O) groups is 4. The summed E-state index contributed by atoms with van der Waals surface area (Å²) in [7, 11) is 1.20. The Morgan fingerprint density at radius 2 is 2.11 bits per heavy atom. The van der Waals surface area contributed by atoms with E-state index in [9.17, 15) is 19.2 Å². The molecular weight excluding hydrogens is 256 g/mol. The summed E-state index contributed by atoms with van der Waals surface area (Å²) in [4.78, 5) is 46.6. The molecule has 19 heavy (non-hydrogen) atoms. The van der Waals surface area contributed by atoms with Crippen LogP contribution in [0.4, 0.5) is 0 Å². The molecule has 1 aliphatic rings. The Kier molecular flexibility index (Phi) is 5.28. The molecule has 8 heteroatoms. The molecule has 0 bridgehead atoms. The second kappa shape index (κ2) is 6.72. The van der Waals surface area contributed by atoms with E-state index in [0.717, 1.165) is 11.3 Å². The number of rotatable bonds is 5. The standard InChI is InChI=1S/C11H16N2O6/c1-12(7-9(15)16)10(17)11(18)19-6-5-13-4-2-3-8(13)14/h2-7H2,1H3,(H,15,16). The Balaban J connectivity index is 2.28. The van der Waals surface area contributed by atoms with E-state index >= 15 is 0 Å². The lowest BCUT2D eigenvalue weighted by Crippen LogP contribution is -2.39. The van der Waals surface area contributed by atoms with Crippen LogP contribution in [0.25, 0.3) is 0 Å². The first kappa shape index (κ1) is 14.9. The third-order valence-electron chi connectivity index (χ3n) is 2.66. The maximum Gasteiger partial charge on any atom is 0.397 e. The van der Waals surface area contributed by atoms with Crippen LogP contribution in [0.2, 0.25) is 0 Å². The van der Waals surface area contributed by atoms with E-state index in [1.807, 2.05) is 0 Å². The molecule has 0 saturated carbocycles. The number of nitrogens with zero attached hydrogens (tertiary/aromatic N) is 2. The van der Waals surface area contributed by atoms with Crippen molar-refractivity contribution in [3.8, 4) is 0 Å². The number of likely N-dealkylation sites (tertiary alicyclic amines) is 1. The number of hydrogen-bond donors (Lipinski definition) is 1. The maximum absolute atomic E-state index is 11.4. The summed E-state index contributed by atoms with van der Waals surface area (Å²) >= 11 is 0. The van der Waals surface area contributed by atoms with Crippen LogP contribution < -0.4 is 0 Å². The van der Waals surface area contributed by atoms with Gasteiger partial charge in [0.05, 0.1) is 6.54 Å². The van der Waals surface area contributed by atoms with Crippen molar-refractivity contribution in [2.45, 2.75) is 12.8 Å². The minimum Gasteiger partial charge on any atom is -0.480 e. The number of carboxylic acid groups (broad SMARTS) is 1. The molecule has 1 rings (SSSR count). The molecule has 2 amide bonds. The number of carbonyl (C=O) groups excluding carboxylic acids is 3. The van der Waals surface area contributed by atoms with Crippen LogP contribution >= 0.6 is 0 Å². The first-order chi connectivity index (χ1) is 8.91. The largest absolute Gasteiger partial charge is 0.480 e. The number of ether oxygens (including phenoxy) is 1. The zero-order valence-electron chi connectivity index (χ0n) is 10.6. The van der Waals surface area contributed by atoms with Crippen LogP contribution in [-0.4, -0.2) is 71.9 Å². The van der Waals surface area contributed by atoms with E-state index in [4.69, 9.17) is 9.84 Å². The lowest BCUT2D eigenvalue weighted by Gasteiger charge is -2.16. The van der Waals surface area contributed by atoms with Gasteiger partial charge in [-0.05, 0) is 6.42 Å². The number of hydrogen-bond acceptors (Lipinski definition) is 5. The van der Waals surface area contributed by atoms with Gasteiger partial charge in [-0.1, -0.05) is 0 Å². The van der Waals surface area contributed by atoms with Gasteiger partial charge in [0.2, 0.25) is 5.91 Å². The number of carboxylic acids is 1. The van der Waals surface area contributed by atoms with Crippen LogP contribution in [0.5, 0.6) is 0 Å². The highest BCUT2D eigenvalue weighted by Crippen LogP contribution is 2.08. The highest BCUT2D eigenvalue weighted by Gasteiger charge is 2.23. The van der Waals surface area contributed by atoms with E-state index in [-0.39, 0.29) is 19.1 Å². The highest BCUT2D eigenvalue weighted by molar-refractivity contribution is 6.32. The fourth-order valence-electron chi connectivity index (χ4n) is 1.68. The van der Waals surface area contributed by atoms with E-state index in [1.165, 1.54) is 7.05 Å². The number of likely N-dealkylation sites (N-methyl/N-ethyl adjacent to an activating group) is 1. The third kappa shape index (κ3) is 4.57. The lowest BCUT2D eigenvalue weighted by molar-refractivity contribution is -0.161. The monoisotopic (exact) mass is 272 g/mol. The third-order valence-corrected chi connectivity index (χ3v) is 2.66. The fourth-order valence-corrected chi connectivity index (χ4v) is 1.68. The van der Waals surface area contributed by atoms with Crippen LogP contribution in [-0.2, 0) is 23.9 Å². The van der Waals surface area contributed by atoms with Crippen LogP contribution in [0, 0.1) is 0 Å². The van der Waals surface area contributed by atoms with Crippen molar-refractivity contribution in [2.24, 2.45) is 0 Å². The Morgan fingerprint density at radius 3 is 2.63 bits per heavy atom. The smallest absolute Gasteiger partial charge is 0.397 e. The van der Waals surface area contributed by atoms with Crippen molar-refractivity contribution in [3.05, 3.63) is 0 Å². The molecule has 8 nitrogen and oxygen atoms in total. The Morgan fingerprint density at radius 1 is 1.42 bits per heavy atom. The normalized spacial score (nSPS) is 14.4. The van der Waals surface area contributed by atoms with Crippen LogP contribution in [0.15, 0.2) is 0 Å². The summed E-state index contributed by atoms with van der Waals surface area (Å²) in [6.45, 7) is 0.236. The minimum absolute atomic E-state index is 0.00497. The van der Waals surface area contributed by atoms with E-state index < -0.39 is 24.4 Å². The molecule has 0 aromatic rings. The van der Waals surface area contributed by atoms with Crippen molar-refractivity contribution in [2.75, 3.05) is 33.3 Å². The van der Waals surface area contributed by atoms with Crippen molar-refractivity contribution in [3.63, 3.8) is 0 Å². The van der Waals surface area contributed by atoms with Crippen LogP contribution in [0.3, 0.4) is 0 Å². The number of amides is 2. The summed E-state index contributed by atoms with van der Waals surface area (Å²) in [5.41, 5.74) is 0. The zero-order valence-corrected chi connectivity index (χ0v) is 10.6. The quantitative estimate of drug-likeness (QED) is 0.492. The molecule has 1 heterocycles. The van der Waals surface area contributed by atoms with Crippen molar-refractivity contribution >= 4 is 23.8 Å². The van der Waals surface area contributed by atoms with Crippen molar-refractivity contribution < 1.29 is 29.0 Å². The van der Waals surface area contributed by atoms with Gasteiger partial charge in [0.15, 0.2) is 0 Å². The first-order valence-corrected chi connectivity index (χ1v) is 5.83. The van der Waals surface area contributed by atoms with Crippen molar-refractivity contribution in [1.82, 2.24) is 9.80 Å². The van der Waals surface area contributed by atoms with Gasteiger partial charge in [-0.3, -0.25) is 14.4 Å². The first-order valence-electron chi connectivity index (χ1n) is 5.83. The molecule has 0 aliphatic carbocycles.